The molecule has 1 aromatic rings. The largest absolute Gasteiger partial charge is 0.493 e. The van der Waals surface area contributed by atoms with E-state index in [9.17, 15) is 0 Å². The lowest BCUT2D eigenvalue weighted by Crippen LogP contribution is -2.09. The molecule has 0 radical (unpaired) electrons. The normalized spacial score (nSPS) is 14.4. The molecule has 2 rings (SSSR count). The van der Waals surface area contributed by atoms with Crippen LogP contribution in [0.25, 0.3) is 0 Å². The van der Waals surface area contributed by atoms with Gasteiger partial charge in [-0.3, -0.25) is 4.72 Å². The minimum Gasteiger partial charge on any atom is -0.493 e. The number of nitrogens with one attached hydrogen (secondary N) is 1. The zero-order valence-corrected chi connectivity index (χ0v) is 13.1. The van der Waals surface area contributed by atoms with Gasteiger partial charge in [-0.25, -0.2) is 0 Å². The van der Waals surface area contributed by atoms with Gasteiger partial charge < -0.3 is 9.47 Å². The van der Waals surface area contributed by atoms with Crippen molar-refractivity contribution < 1.29 is 9.47 Å². The minimum absolute atomic E-state index is 0.799. The highest BCUT2D eigenvalue weighted by Gasteiger charge is 2.21. The van der Waals surface area contributed by atoms with Gasteiger partial charge in [-0.05, 0) is 61.7 Å². The molecule has 3 nitrogen and oxygen atoms in total. The van der Waals surface area contributed by atoms with Gasteiger partial charge in [0.15, 0.2) is 0 Å². The minimum atomic E-state index is 0.799. The molecule has 0 heterocycles. The van der Waals surface area contributed by atoms with Gasteiger partial charge in [-0.15, -0.1) is 0 Å². The number of hydrogen-bond donors (Lipinski definition) is 1. The van der Waals surface area contributed by atoms with Gasteiger partial charge in [-0.2, -0.15) is 0 Å². The highest BCUT2D eigenvalue weighted by Crippen LogP contribution is 2.30. The summed E-state index contributed by atoms with van der Waals surface area (Å²) < 4.78 is 14.6. The Morgan fingerprint density at radius 3 is 3.00 bits per heavy atom. The van der Waals surface area contributed by atoms with E-state index < -0.39 is 0 Å². The van der Waals surface area contributed by atoms with Crippen molar-refractivity contribution in [3.05, 3.63) is 24.3 Å². The molecular formula is C16H25NO2S. The number of hydrogen-bond acceptors (Lipinski definition) is 4. The lowest BCUT2D eigenvalue weighted by molar-refractivity contribution is 0.133. The van der Waals surface area contributed by atoms with Crippen LogP contribution in [0.15, 0.2) is 29.2 Å². The van der Waals surface area contributed by atoms with E-state index in [-0.39, 0.29) is 0 Å². The Morgan fingerprint density at radius 1 is 1.30 bits per heavy atom. The topological polar surface area (TPSA) is 30.5 Å². The van der Waals surface area contributed by atoms with Crippen LogP contribution >= 0.6 is 11.9 Å². The maximum atomic E-state index is 5.78. The Bertz CT molecular complexity index is 382. The summed E-state index contributed by atoms with van der Waals surface area (Å²) in [7, 11) is 0. The first-order valence-electron chi connectivity index (χ1n) is 7.59. The van der Waals surface area contributed by atoms with Crippen molar-refractivity contribution >= 4 is 11.9 Å². The van der Waals surface area contributed by atoms with Crippen molar-refractivity contribution in [2.45, 2.75) is 37.5 Å². The monoisotopic (exact) mass is 295 g/mol. The highest BCUT2D eigenvalue weighted by molar-refractivity contribution is 7.97. The van der Waals surface area contributed by atoms with Crippen LogP contribution in [0.1, 0.15) is 32.6 Å². The number of ether oxygens (including phenoxy) is 2. The van der Waals surface area contributed by atoms with Gasteiger partial charge >= 0.3 is 0 Å². The Labute approximate surface area is 126 Å². The van der Waals surface area contributed by atoms with Crippen LogP contribution in [0.5, 0.6) is 5.75 Å². The van der Waals surface area contributed by atoms with Crippen LogP contribution in [0.3, 0.4) is 0 Å². The summed E-state index contributed by atoms with van der Waals surface area (Å²) in [5.74, 6) is 1.78. The van der Waals surface area contributed by atoms with Crippen LogP contribution < -0.4 is 9.46 Å². The summed E-state index contributed by atoms with van der Waals surface area (Å²) in [6, 6.07) is 8.30. The fourth-order valence-corrected chi connectivity index (χ4v) is 2.49. The molecule has 0 saturated heterocycles. The first kappa shape index (κ1) is 15.7. The third-order valence-corrected chi connectivity index (χ3v) is 3.93. The van der Waals surface area contributed by atoms with E-state index in [0.29, 0.717) is 0 Å². The second-order valence-electron chi connectivity index (χ2n) is 5.19. The average molecular weight is 295 g/mol. The molecule has 0 bridgehead atoms. The third kappa shape index (κ3) is 6.64. The fourth-order valence-electron chi connectivity index (χ4n) is 1.75. The molecule has 0 atom stereocenters. The van der Waals surface area contributed by atoms with Gasteiger partial charge in [-0.1, -0.05) is 13.0 Å². The Morgan fingerprint density at radius 2 is 2.20 bits per heavy atom. The van der Waals surface area contributed by atoms with E-state index in [0.717, 1.165) is 50.9 Å². The van der Waals surface area contributed by atoms with E-state index in [1.807, 2.05) is 6.07 Å². The van der Waals surface area contributed by atoms with E-state index in [4.69, 9.17) is 9.47 Å². The molecule has 1 fully saturated rings. The standard InChI is InChI=1S/C16H25NO2S/c1-2-10-18-11-4-9-17-20-16-6-3-5-15(12-16)19-13-14-7-8-14/h3,5-6,12,14,17H,2,4,7-11,13H2,1H3. The quantitative estimate of drug-likeness (QED) is 0.495. The lowest BCUT2D eigenvalue weighted by atomic mass is 10.3. The second-order valence-corrected chi connectivity index (χ2v) is 6.16. The molecule has 1 aromatic carbocycles. The van der Waals surface area contributed by atoms with Crippen molar-refractivity contribution in [3.8, 4) is 5.75 Å². The third-order valence-electron chi connectivity index (χ3n) is 3.09. The molecule has 112 valence electrons. The molecule has 1 N–H and O–H groups in total. The van der Waals surface area contributed by atoms with Crippen LogP contribution in [0, 0.1) is 5.92 Å². The summed E-state index contributed by atoms with van der Waals surface area (Å²) in [4.78, 5) is 1.20. The second kappa shape index (κ2) is 9.27. The van der Waals surface area contributed by atoms with Crippen LogP contribution in [0.2, 0.25) is 0 Å². The van der Waals surface area contributed by atoms with Crippen molar-refractivity contribution in [1.82, 2.24) is 4.72 Å². The maximum absolute atomic E-state index is 5.78. The predicted molar refractivity (Wildman–Crippen MR) is 84.2 cm³/mol. The van der Waals surface area contributed by atoms with Gasteiger partial charge in [0.2, 0.25) is 0 Å². The predicted octanol–water partition coefficient (Wildman–Crippen LogP) is 3.89. The highest BCUT2D eigenvalue weighted by atomic mass is 32.2. The zero-order valence-electron chi connectivity index (χ0n) is 12.3. The molecule has 0 amide bonds. The van der Waals surface area contributed by atoms with Gasteiger partial charge in [0, 0.05) is 24.7 Å². The first-order chi connectivity index (χ1) is 9.88. The SMILES string of the molecule is CCCOCCCNSc1cccc(OCC2CC2)c1. The summed E-state index contributed by atoms with van der Waals surface area (Å²) in [6.45, 7) is 5.67. The Kier molecular flexibility index (Phi) is 7.26. The van der Waals surface area contributed by atoms with Crippen molar-refractivity contribution in [1.29, 1.82) is 0 Å². The molecule has 0 aliphatic heterocycles. The summed E-state index contributed by atoms with van der Waals surface area (Å²) >= 11 is 1.66. The summed E-state index contributed by atoms with van der Waals surface area (Å²) in [6.07, 6.45) is 4.80. The average Bonchev–Trinajstić information content (AvgIpc) is 3.29. The van der Waals surface area contributed by atoms with Crippen LogP contribution in [-0.2, 0) is 4.74 Å². The van der Waals surface area contributed by atoms with Gasteiger partial charge in [0.25, 0.3) is 0 Å². The molecule has 1 saturated carbocycles. The van der Waals surface area contributed by atoms with E-state index >= 15 is 0 Å². The molecule has 20 heavy (non-hydrogen) atoms. The zero-order chi connectivity index (χ0) is 14.0. The smallest absolute Gasteiger partial charge is 0.120 e. The molecule has 4 heteroatoms. The molecular weight excluding hydrogens is 270 g/mol. The summed E-state index contributed by atoms with van der Waals surface area (Å²) in [5, 5.41) is 0. The molecule has 0 unspecified atom stereocenters. The van der Waals surface area contributed by atoms with Crippen LogP contribution in [-0.4, -0.2) is 26.4 Å². The van der Waals surface area contributed by atoms with E-state index in [2.05, 4.69) is 29.8 Å². The summed E-state index contributed by atoms with van der Waals surface area (Å²) in [5.41, 5.74) is 0. The van der Waals surface area contributed by atoms with Crippen molar-refractivity contribution in [2.24, 2.45) is 5.92 Å². The first-order valence-corrected chi connectivity index (χ1v) is 8.40. The Hall–Kier alpha value is -0.710. The molecule has 1 aliphatic carbocycles. The van der Waals surface area contributed by atoms with Crippen molar-refractivity contribution in [3.63, 3.8) is 0 Å². The molecule has 0 aromatic heterocycles. The Balaban J connectivity index is 1.58. The number of benzene rings is 1. The van der Waals surface area contributed by atoms with E-state index in [1.165, 1.54) is 17.7 Å². The molecule has 0 spiro atoms. The fraction of sp³-hybridized carbons (Fsp3) is 0.625. The molecule has 1 aliphatic rings. The van der Waals surface area contributed by atoms with Gasteiger partial charge in [0.05, 0.1) is 6.61 Å². The lowest BCUT2D eigenvalue weighted by Gasteiger charge is -2.08. The van der Waals surface area contributed by atoms with Crippen LogP contribution in [0.4, 0.5) is 0 Å². The maximum Gasteiger partial charge on any atom is 0.120 e. The van der Waals surface area contributed by atoms with E-state index in [1.54, 1.807) is 11.9 Å². The number of rotatable bonds is 11. The van der Waals surface area contributed by atoms with Gasteiger partial charge in [0.1, 0.15) is 5.75 Å². The van der Waals surface area contributed by atoms with Crippen molar-refractivity contribution in [2.75, 3.05) is 26.4 Å².